The van der Waals surface area contributed by atoms with Crippen molar-refractivity contribution < 1.29 is 14.3 Å². The molecule has 1 aromatic carbocycles. The third-order valence-electron chi connectivity index (χ3n) is 2.62. The summed E-state index contributed by atoms with van der Waals surface area (Å²) in [7, 11) is 2.93. The van der Waals surface area contributed by atoms with E-state index >= 15 is 0 Å². The van der Waals surface area contributed by atoms with Gasteiger partial charge >= 0.3 is 5.97 Å². The monoisotopic (exact) mass is 237 g/mol. The van der Waals surface area contributed by atoms with Crippen LogP contribution < -0.4 is 5.32 Å². The number of para-hydroxylation sites is 1. The molecule has 0 heterocycles. The standard InChI is InChI=1S/C13H19NO3/c1-10-7-5-6-8-11(10)14-13(2,9-16-3)12(15)17-4/h5-8,14H,9H2,1-4H3. The molecule has 0 amide bonds. The molecular weight excluding hydrogens is 218 g/mol. The fraction of sp³-hybridized carbons (Fsp3) is 0.462. The molecule has 0 aromatic heterocycles. The molecule has 4 heteroatoms. The first-order valence-corrected chi connectivity index (χ1v) is 5.44. The summed E-state index contributed by atoms with van der Waals surface area (Å²) in [5.74, 6) is -0.345. The number of carbonyl (C=O) groups excluding carboxylic acids is 1. The Morgan fingerprint density at radius 3 is 2.53 bits per heavy atom. The van der Waals surface area contributed by atoms with Crippen LogP contribution in [0.3, 0.4) is 0 Å². The number of carbonyl (C=O) groups is 1. The number of rotatable bonds is 5. The van der Waals surface area contributed by atoms with Gasteiger partial charge in [-0.2, -0.15) is 0 Å². The van der Waals surface area contributed by atoms with Crippen molar-refractivity contribution in [3.05, 3.63) is 29.8 Å². The quantitative estimate of drug-likeness (QED) is 0.795. The van der Waals surface area contributed by atoms with E-state index in [0.29, 0.717) is 0 Å². The minimum absolute atomic E-state index is 0.244. The molecule has 0 aliphatic carbocycles. The third-order valence-corrected chi connectivity index (χ3v) is 2.62. The zero-order valence-electron chi connectivity index (χ0n) is 10.7. The third kappa shape index (κ3) is 3.20. The molecule has 1 unspecified atom stereocenters. The Hall–Kier alpha value is -1.55. The molecule has 1 N–H and O–H groups in total. The van der Waals surface area contributed by atoms with E-state index in [4.69, 9.17) is 9.47 Å². The predicted octanol–water partition coefficient (Wildman–Crippen LogP) is 1.99. The van der Waals surface area contributed by atoms with Crippen molar-refractivity contribution in [1.29, 1.82) is 0 Å². The number of ether oxygens (including phenoxy) is 2. The topological polar surface area (TPSA) is 47.6 Å². The normalized spacial score (nSPS) is 13.9. The maximum atomic E-state index is 11.8. The van der Waals surface area contributed by atoms with Gasteiger partial charge < -0.3 is 14.8 Å². The van der Waals surface area contributed by atoms with Crippen LogP contribution in [0.25, 0.3) is 0 Å². The summed E-state index contributed by atoms with van der Waals surface area (Å²) >= 11 is 0. The first-order valence-electron chi connectivity index (χ1n) is 5.44. The fourth-order valence-electron chi connectivity index (χ4n) is 1.67. The molecule has 0 radical (unpaired) electrons. The van der Waals surface area contributed by atoms with Gasteiger partial charge in [-0.3, -0.25) is 0 Å². The number of benzene rings is 1. The SMILES string of the molecule is COCC(C)(Nc1ccccc1C)C(=O)OC. The number of esters is 1. The summed E-state index contributed by atoms with van der Waals surface area (Å²) in [5, 5.41) is 3.18. The number of methoxy groups -OCH3 is 2. The summed E-state index contributed by atoms with van der Waals surface area (Å²) in [4.78, 5) is 11.8. The van der Waals surface area contributed by atoms with E-state index < -0.39 is 5.54 Å². The molecule has 1 rings (SSSR count). The molecule has 0 aliphatic heterocycles. The lowest BCUT2D eigenvalue weighted by Gasteiger charge is -2.28. The molecule has 17 heavy (non-hydrogen) atoms. The lowest BCUT2D eigenvalue weighted by Crippen LogP contribution is -2.48. The Balaban J connectivity index is 2.94. The number of nitrogens with one attached hydrogen (secondary N) is 1. The Labute approximate surface area is 102 Å². The van der Waals surface area contributed by atoms with E-state index in [9.17, 15) is 4.79 Å². The maximum absolute atomic E-state index is 11.8. The van der Waals surface area contributed by atoms with Crippen LogP contribution in [0.1, 0.15) is 12.5 Å². The Bertz CT molecular complexity index is 392. The average Bonchev–Trinajstić information content (AvgIpc) is 2.31. The van der Waals surface area contributed by atoms with Gasteiger partial charge in [0.2, 0.25) is 0 Å². The van der Waals surface area contributed by atoms with E-state index in [2.05, 4.69) is 5.32 Å². The van der Waals surface area contributed by atoms with Crippen molar-refractivity contribution in [1.82, 2.24) is 0 Å². The van der Waals surface area contributed by atoms with Crippen LogP contribution in [-0.4, -0.2) is 32.3 Å². The van der Waals surface area contributed by atoms with Crippen molar-refractivity contribution in [3.63, 3.8) is 0 Å². The molecule has 0 bridgehead atoms. The predicted molar refractivity (Wildman–Crippen MR) is 67.1 cm³/mol. The lowest BCUT2D eigenvalue weighted by molar-refractivity contribution is -0.147. The maximum Gasteiger partial charge on any atom is 0.333 e. The minimum atomic E-state index is -0.879. The van der Waals surface area contributed by atoms with E-state index in [1.165, 1.54) is 7.11 Å². The number of hydrogen-bond acceptors (Lipinski definition) is 4. The zero-order chi connectivity index (χ0) is 12.9. The lowest BCUT2D eigenvalue weighted by atomic mass is 10.0. The second-order valence-corrected chi connectivity index (χ2v) is 4.20. The van der Waals surface area contributed by atoms with Gasteiger partial charge in [0.15, 0.2) is 5.54 Å². The fourth-order valence-corrected chi connectivity index (χ4v) is 1.67. The molecule has 1 aromatic rings. The van der Waals surface area contributed by atoms with Crippen LogP contribution in [0, 0.1) is 6.92 Å². The van der Waals surface area contributed by atoms with Crippen LogP contribution in [0.2, 0.25) is 0 Å². The highest BCUT2D eigenvalue weighted by molar-refractivity contribution is 5.84. The summed E-state index contributed by atoms with van der Waals surface area (Å²) < 4.78 is 9.88. The van der Waals surface area contributed by atoms with Gasteiger partial charge in [0.05, 0.1) is 13.7 Å². The Kier molecular flexibility index (Phi) is 4.52. The molecule has 94 valence electrons. The number of anilines is 1. The van der Waals surface area contributed by atoms with Gasteiger partial charge in [-0.15, -0.1) is 0 Å². The van der Waals surface area contributed by atoms with Crippen molar-refractivity contribution in [2.24, 2.45) is 0 Å². The molecule has 0 saturated heterocycles. The first-order chi connectivity index (χ1) is 8.03. The van der Waals surface area contributed by atoms with E-state index in [0.717, 1.165) is 11.3 Å². The van der Waals surface area contributed by atoms with Gasteiger partial charge in [0.25, 0.3) is 0 Å². The molecule has 4 nitrogen and oxygen atoms in total. The average molecular weight is 237 g/mol. The highest BCUT2D eigenvalue weighted by atomic mass is 16.5. The van der Waals surface area contributed by atoms with Crippen molar-refractivity contribution in [3.8, 4) is 0 Å². The Morgan fingerprint density at radius 1 is 1.35 bits per heavy atom. The van der Waals surface area contributed by atoms with E-state index in [1.807, 2.05) is 31.2 Å². The highest BCUT2D eigenvalue weighted by Crippen LogP contribution is 2.20. The van der Waals surface area contributed by atoms with Gasteiger partial charge in [-0.25, -0.2) is 4.79 Å². The largest absolute Gasteiger partial charge is 0.467 e. The minimum Gasteiger partial charge on any atom is -0.467 e. The van der Waals surface area contributed by atoms with Crippen LogP contribution in [-0.2, 0) is 14.3 Å². The van der Waals surface area contributed by atoms with Crippen LogP contribution in [0.4, 0.5) is 5.69 Å². The highest BCUT2D eigenvalue weighted by Gasteiger charge is 2.34. The summed E-state index contributed by atoms with van der Waals surface area (Å²) in [6, 6.07) is 7.77. The van der Waals surface area contributed by atoms with Gasteiger partial charge in [0, 0.05) is 12.8 Å². The van der Waals surface area contributed by atoms with Crippen LogP contribution >= 0.6 is 0 Å². The number of hydrogen-bond donors (Lipinski definition) is 1. The first kappa shape index (κ1) is 13.5. The van der Waals surface area contributed by atoms with Crippen molar-refractivity contribution >= 4 is 11.7 Å². The van der Waals surface area contributed by atoms with Gasteiger partial charge in [-0.05, 0) is 25.5 Å². The molecule has 0 saturated carbocycles. The smallest absolute Gasteiger partial charge is 0.333 e. The zero-order valence-corrected chi connectivity index (χ0v) is 10.7. The van der Waals surface area contributed by atoms with Gasteiger partial charge in [0.1, 0.15) is 0 Å². The molecule has 1 atom stereocenters. The summed E-state index contributed by atoms with van der Waals surface area (Å²) in [6.45, 7) is 3.98. The number of aryl methyl sites for hydroxylation is 1. The van der Waals surface area contributed by atoms with Crippen LogP contribution in [0.15, 0.2) is 24.3 Å². The summed E-state index contributed by atoms with van der Waals surface area (Å²) in [6.07, 6.45) is 0. The summed E-state index contributed by atoms with van der Waals surface area (Å²) in [5.41, 5.74) is 1.09. The van der Waals surface area contributed by atoms with E-state index in [1.54, 1.807) is 14.0 Å². The Morgan fingerprint density at radius 2 is 2.00 bits per heavy atom. The van der Waals surface area contributed by atoms with Gasteiger partial charge in [-0.1, -0.05) is 18.2 Å². The van der Waals surface area contributed by atoms with Crippen LogP contribution in [0.5, 0.6) is 0 Å². The van der Waals surface area contributed by atoms with E-state index in [-0.39, 0.29) is 12.6 Å². The molecular formula is C13H19NO3. The molecule has 0 aliphatic rings. The second kappa shape index (κ2) is 5.68. The molecule has 0 fully saturated rings. The second-order valence-electron chi connectivity index (χ2n) is 4.20. The van der Waals surface area contributed by atoms with Crippen molar-refractivity contribution in [2.75, 3.05) is 26.1 Å². The van der Waals surface area contributed by atoms with Crippen molar-refractivity contribution in [2.45, 2.75) is 19.4 Å². The molecule has 0 spiro atoms.